The zero-order chi connectivity index (χ0) is 22.2. The van der Waals surface area contributed by atoms with Gasteiger partial charge in [-0.3, -0.25) is 13.9 Å². The molecule has 3 aromatic heterocycles. The van der Waals surface area contributed by atoms with Crippen LogP contribution >= 0.6 is 22.9 Å². The molecule has 0 spiro atoms. The van der Waals surface area contributed by atoms with Crippen molar-refractivity contribution in [3.8, 4) is 0 Å². The summed E-state index contributed by atoms with van der Waals surface area (Å²) in [5.41, 5.74) is -0.401. The molecule has 31 heavy (non-hydrogen) atoms. The molecule has 3 rings (SSSR count). The molecule has 0 aliphatic carbocycles. The fourth-order valence-electron chi connectivity index (χ4n) is 3.23. The topological polar surface area (TPSA) is 111 Å². The van der Waals surface area contributed by atoms with Gasteiger partial charge in [-0.2, -0.15) is 4.98 Å². The molecule has 0 fully saturated rings. The number of carbonyl (C=O) groups is 1. The molecule has 11 heteroatoms. The standard InChI is InChI=1S/C20H26ClN5O4S/c1-2-3-4-10-25-16-15(23-18(21)24-16)17(27)26(20(25)29)11-6-9-22-19(28)30-12-8-14-7-5-13-31-14/h5,7,13H,2-4,6,8-12H2,1H3,(H,22,28)(H,23,24). The molecule has 0 radical (unpaired) electrons. The molecule has 0 bridgehead atoms. The fraction of sp³-hybridized carbons (Fsp3) is 0.500. The molecular formula is C20H26ClN5O4S. The summed E-state index contributed by atoms with van der Waals surface area (Å²) < 4.78 is 7.79. The molecule has 0 saturated carbocycles. The van der Waals surface area contributed by atoms with Crippen LogP contribution in [0, 0.1) is 0 Å². The smallest absolute Gasteiger partial charge is 0.407 e. The number of alkyl carbamates (subject to hydrolysis) is 1. The number of amides is 1. The second-order valence-corrected chi connectivity index (χ2v) is 8.46. The molecular weight excluding hydrogens is 442 g/mol. The first-order valence-corrected chi connectivity index (χ1v) is 11.6. The van der Waals surface area contributed by atoms with Crippen molar-refractivity contribution in [2.75, 3.05) is 13.2 Å². The van der Waals surface area contributed by atoms with Gasteiger partial charge in [0.05, 0.1) is 6.61 Å². The van der Waals surface area contributed by atoms with Gasteiger partial charge in [-0.1, -0.05) is 25.8 Å². The van der Waals surface area contributed by atoms with Crippen molar-refractivity contribution in [3.63, 3.8) is 0 Å². The summed E-state index contributed by atoms with van der Waals surface area (Å²) in [6.07, 6.45) is 3.32. The van der Waals surface area contributed by atoms with Gasteiger partial charge in [0.15, 0.2) is 11.2 Å². The number of fused-ring (bicyclic) bond motifs is 1. The number of aromatic amines is 1. The number of H-pyrrole nitrogens is 1. The first kappa shape index (κ1) is 23.1. The van der Waals surface area contributed by atoms with Crippen molar-refractivity contribution in [1.29, 1.82) is 0 Å². The molecule has 0 aliphatic heterocycles. The number of rotatable bonds is 11. The van der Waals surface area contributed by atoms with E-state index in [1.807, 2.05) is 17.5 Å². The van der Waals surface area contributed by atoms with Gasteiger partial charge in [-0.05, 0) is 35.9 Å². The van der Waals surface area contributed by atoms with Crippen LogP contribution in [0.15, 0.2) is 27.1 Å². The lowest BCUT2D eigenvalue weighted by molar-refractivity contribution is 0.147. The van der Waals surface area contributed by atoms with E-state index in [2.05, 4.69) is 22.2 Å². The molecule has 3 heterocycles. The van der Waals surface area contributed by atoms with Gasteiger partial charge >= 0.3 is 11.8 Å². The van der Waals surface area contributed by atoms with Crippen LogP contribution in [0.25, 0.3) is 11.2 Å². The average Bonchev–Trinajstić information content (AvgIpc) is 3.39. The Labute approximate surface area is 188 Å². The van der Waals surface area contributed by atoms with Crippen LogP contribution in [0.5, 0.6) is 0 Å². The van der Waals surface area contributed by atoms with Crippen molar-refractivity contribution in [3.05, 3.63) is 48.5 Å². The summed E-state index contributed by atoms with van der Waals surface area (Å²) in [7, 11) is 0. The summed E-state index contributed by atoms with van der Waals surface area (Å²) >= 11 is 7.55. The normalized spacial score (nSPS) is 11.2. The third-order valence-corrected chi connectivity index (χ3v) is 5.92. The van der Waals surface area contributed by atoms with E-state index in [-0.39, 0.29) is 29.5 Å². The number of aryl methyl sites for hydroxylation is 1. The number of hydrogen-bond donors (Lipinski definition) is 2. The first-order valence-electron chi connectivity index (χ1n) is 10.3. The third kappa shape index (κ3) is 5.98. The van der Waals surface area contributed by atoms with E-state index in [1.54, 1.807) is 11.3 Å². The monoisotopic (exact) mass is 467 g/mol. The van der Waals surface area contributed by atoms with E-state index >= 15 is 0 Å². The Morgan fingerprint density at radius 1 is 1.26 bits per heavy atom. The van der Waals surface area contributed by atoms with Crippen LogP contribution in [-0.4, -0.2) is 38.3 Å². The lowest BCUT2D eigenvalue weighted by Crippen LogP contribution is -2.41. The molecule has 0 aromatic carbocycles. The summed E-state index contributed by atoms with van der Waals surface area (Å²) in [6, 6.07) is 3.94. The number of hydrogen-bond acceptors (Lipinski definition) is 6. The van der Waals surface area contributed by atoms with Crippen molar-refractivity contribution >= 4 is 40.2 Å². The number of nitrogens with zero attached hydrogens (tertiary/aromatic N) is 3. The summed E-state index contributed by atoms with van der Waals surface area (Å²) in [6.45, 7) is 3.27. The Hall–Kier alpha value is -2.59. The van der Waals surface area contributed by atoms with E-state index in [0.717, 1.165) is 28.7 Å². The molecule has 0 unspecified atom stereocenters. The second-order valence-electron chi connectivity index (χ2n) is 7.07. The molecule has 0 atom stereocenters. The molecule has 2 N–H and O–H groups in total. The minimum absolute atomic E-state index is 0.0699. The minimum atomic E-state index is -0.517. The van der Waals surface area contributed by atoms with Gasteiger partial charge < -0.3 is 15.0 Å². The Kier molecular flexibility index (Phi) is 8.30. The highest BCUT2D eigenvalue weighted by Crippen LogP contribution is 2.11. The summed E-state index contributed by atoms with van der Waals surface area (Å²) in [5, 5.41) is 4.69. The molecule has 9 nitrogen and oxygen atoms in total. The number of thiophene rings is 1. The van der Waals surface area contributed by atoms with Crippen LogP contribution in [0.1, 0.15) is 37.5 Å². The zero-order valence-electron chi connectivity index (χ0n) is 17.4. The van der Waals surface area contributed by atoms with E-state index in [1.165, 1.54) is 4.57 Å². The highest BCUT2D eigenvalue weighted by Gasteiger charge is 2.16. The lowest BCUT2D eigenvalue weighted by atomic mass is 10.2. The van der Waals surface area contributed by atoms with E-state index in [0.29, 0.717) is 26.0 Å². The van der Waals surface area contributed by atoms with Crippen LogP contribution < -0.4 is 16.6 Å². The van der Waals surface area contributed by atoms with Crippen LogP contribution in [0.4, 0.5) is 4.79 Å². The maximum atomic E-state index is 12.9. The summed E-state index contributed by atoms with van der Waals surface area (Å²) in [5.74, 6) is 0. The lowest BCUT2D eigenvalue weighted by Gasteiger charge is -2.11. The van der Waals surface area contributed by atoms with Crippen molar-refractivity contribution in [1.82, 2.24) is 24.4 Å². The Balaban J connectivity index is 1.58. The highest BCUT2D eigenvalue weighted by molar-refractivity contribution is 7.09. The fourth-order valence-corrected chi connectivity index (χ4v) is 4.10. The van der Waals surface area contributed by atoms with E-state index < -0.39 is 17.3 Å². The van der Waals surface area contributed by atoms with Crippen LogP contribution in [-0.2, 0) is 24.2 Å². The quantitative estimate of drug-likeness (QED) is 0.332. The Morgan fingerprint density at radius 3 is 2.81 bits per heavy atom. The number of unbranched alkanes of at least 4 members (excludes halogenated alkanes) is 2. The van der Waals surface area contributed by atoms with Gasteiger partial charge in [0.2, 0.25) is 5.28 Å². The number of aromatic nitrogens is 4. The molecule has 168 valence electrons. The number of ether oxygens (including phenoxy) is 1. The number of carbonyl (C=O) groups excluding carboxylic acids is 1. The third-order valence-electron chi connectivity index (χ3n) is 4.81. The largest absolute Gasteiger partial charge is 0.449 e. The number of imidazole rings is 1. The summed E-state index contributed by atoms with van der Waals surface area (Å²) in [4.78, 5) is 45.4. The molecule has 1 amide bonds. The van der Waals surface area contributed by atoms with Crippen LogP contribution in [0.3, 0.4) is 0 Å². The Bertz CT molecular complexity index is 1120. The molecule has 0 aliphatic rings. The van der Waals surface area contributed by atoms with E-state index in [9.17, 15) is 14.4 Å². The zero-order valence-corrected chi connectivity index (χ0v) is 18.9. The Morgan fingerprint density at radius 2 is 2.06 bits per heavy atom. The van der Waals surface area contributed by atoms with Crippen molar-refractivity contribution in [2.45, 2.75) is 52.1 Å². The SMILES string of the molecule is CCCCCn1c(=O)n(CCCNC(=O)OCCc2cccs2)c(=O)c2[nH]c(Cl)nc21. The van der Waals surface area contributed by atoms with Gasteiger partial charge in [-0.25, -0.2) is 9.59 Å². The predicted octanol–water partition coefficient (Wildman–Crippen LogP) is 3.15. The molecule has 0 saturated heterocycles. The van der Waals surface area contributed by atoms with Crippen LogP contribution in [0.2, 0.25) is 5.28 Å². The number of nitrogens with one attached hydrogen (secondary N) is 2. The molecule has 3 aromatic rings. The maximum absolute atomic E-state index is 12.9. The maximum Gasteiger partial charge on any atom is 0.407 e. The second kappa shape index (κ2) is 11.1. The van der Waals surface area contributed by atoms with Gasteiger partial charge in [0, 0.05) is 30.9 Å². The minimum Gasteiger partial charge on any atom is -0.449 e. The van der Waals surface area contributed by atoms with E-state index in [4.69, 9.17) is 16.3 Å². The van der Waals surface area contributed by atoms with Crippen molar-refractivity contribution in [2.24, 2.45) is 0 Å². The van der Waals surface area contributed by atoms with Gasteiger partial charge in [0.25, 0.3) is 5.56 Å². The van der Waals surface area contributed by atoms with Gasteiger partial charge in [-0.15, -0.1) is 11.3 Å². The van der Waals surface area contributed by atoms with Crippen molar-refractivity contribution < 1.29 is 9.53 Å². The predicted molar refractivity (Wildman–Crippen MR) is 121 cm³/mol. The first-order chi connectivity index (χ1) is 15.0. The van der Waals surface area contributed by atoms with Gasteiger partial charge in [0.1, 0.15) is 0 Å². The average molecular weight is 468 g/mol. The number of halogens is 1. The highest BCUT2D eigenvalue weighted by atomic mass is 35.5.